The minimum absolute atomic E-state index is 0.0986. The van der Waals surface area contributed by atoms with E-state index in [1.807, 2.05) is 7.05 Å². The van der Waals surface area contributed by atoms with Crippen LogP contribution in [0.5, 0.6) is 0 Å². The van der Waals surface area contributed by atoms with Gasteiger partial charge in [-0.25, -0.2) is 12.8 Å². The van der Waals surface area contributed by atoms with E-state index in [9.17, 15) is 17.6 Å². The van der Waals surface area contributed by atoms with Crippen molar-refractivity contribution in [2.75, 3.05) is 38.5 Å². The Balaban J connectivity index is 1.73. The van der Waals surface area contributed by atoms with Gasteiger partial charge in [-0.1, -0.05) is 15.9 Å². The van der Waals surface area contributed by atoms with Crippen molar-refractivity contribution in [2.24, 2.45) is 0 Å². The molecule has 1 heterocycles. The lowest BCUT2D eigenvalue weighted by Gasteiger charge is -2.31. The fraction of sp³-hybridized carbons (Fsp3) is 0.278. The second-order valence-electron chi connectivity index (χ2n) is 6.31. The molecule has 0 radical (unpaired) electrons. The lowest BCUT2D eigenvalue weighted by Crippen LogP contribution is -2.46. The zero-order chi connectivity index (χ0) is 19.6. The van der Waals surface area contributed by atoms with Gasteiger partial charge in [-0.05, 0) is 49.5 Å². The van der Waals surface area contributed by atoms with Crippen LogP contribution in [0.4, 0.5) is 10.1 Å². The van der Waals surface area contributed by atoms with Gasteiger partial charge in [0, 0.05) is 36.3 Å². The van der Waals surface area contributed by atoms with Gasteiger partial charge in [0.15, 0.2) is 0 Å². The predicted octanol–water partition coefficient (Wildman–Crippen LogP) is 2.78. The maximum atomic E-state index is 13.8. The molecule has 1 fully saturated rings. The number of likely N-dealkylation sites (N-methyl/N-ethyl adjacent to an activating group) is 1. The summed E-state index contributed by atoms with van der Waals surface area (Å²) in [7, 11) is -1.61. The lowest BCUT2D eigenvalue weighted by atomic mass is 10.2. The molecule has 0 bridgehead atoms. The van der Waals surface area contributed by atoms with Crippen molar-refractivity contribution in [1.29, 1.82) is 0 Å². The molecule has 3 rings (SSSR count). The van der Waals surface area contributed by atoms with E-state index in [2.05, 4.69) is 26.1 Å². The number of nitrogens with one attached hydrogen (secondary N) is 1. The Morgan fingerprint density at radius 1 is 1.07 bits per heavy atom. The highest BCUT2D eigenvalue weighted by Gasteiger charge is 2.27. The molecule has 0 aromatic heterocycles. The average Bonchev–Trinajstić information content (AvgIpc) is 2.64. The number of sulfonamides is 1. The van der Waals surface area contributed by atoms with Crippen LogP contribution in [-0.2, 0) is 10.0 Å². The number of rotatable bonds is 4. The van der Waals surface area contributed by atoms with E-state index < -0.39 is 21.7 Å². The van der Waals surface area contributed by atoms with Gasteiger partial charge >= 0.3 is 0 Å². The molecule has 1 N–H and O–H groups in total. The maximum absolute atomic E-state index is 13.8. The van der Waals surface area contributed by atoms with Gasteiger partial charge in [0.1, 0.15) is 5.82 Å². The highest BCUT2D eigenvalue weighted by Crippen LogP contribution is 2.21. The van der Waals surface area contributed by atoms with Crippen molar-refractivity contribution in [1.82, 2.24) is 9.21 Å². The average molecular weight is 456 g/mol. The van der Waals surface area contributed by atoms with E-state index >= 15 is 0 Å². The second kappa shape index (κ2) is 8.05. The molecule has 2 aromatic rings. The molecule has 0 unspecified atom stereocenters. The molecule has 1 aliphatic heterocycles. The smallest absolute Gasteiger partial charge is 0.258 e. The highest BCUT2D eigenvalue weighted by molar-refractivity contribution is 9.10. The van der Waals surface area contributed by atoms with Gasteiger partial charge in [0.2, 0.25) is 10.0 Å². The Morgan fingerprint density at radius 2 is 1.70 bits per heavy atom. The SMILES string of the molecule is CN1CCN(S(=O)(=O)c2ccc(NC(=O)c3cc(Br)ccc3F)cc2)CC1. The first-order valence-electron chi connectivity index (χ1n) is 8.32. The number of amides is 1. The fourth-order valence-electron chi connectivity index (χ4n) is 2.76. The molecule has 1 aliphatic rings. The summed E-state index contributed by atoms with van der Waals surface area (Å²) in [5.41, 5.74) is 0.287. The van der Waals surface area contributed by atoms with Crippen molar-refractivity contribution in [3.8, 4) is 0 Å². The van der Waals surface area contributed by atoms with Crippen LogP contribution in [-0.4, -0.2) is 56.8 Å². The predicted molar refractivity (Wildman–Crippen MR) is 105 cm³/mol. The summed E-state index contributed by atoms with van der Waals surface area (Å²) >= 11 is 3.20. The topological polar surface area (TPSA) is 69.7 Å². The minimum Gasteiger partial charge on any atom is -0.322 e. The zero-order valence-electron chi connectivity index (χ0n) is 14.7. The molecule has 6 nitrogen and oxygen atoms in total. The first kappa shape index (κ1) is 19.9. The van der Waals surface area contributed by atoms with E-state index in [-0.39, 0.29) is 10.5 Å². The van der Waals surface area contributed by atoms with Crippen molar-refractivity contribution in [3.05, 3.63) is 58.3 Å². The van der Waals surface area contributed by atoms with E-state index in [0.717, 1.165) is 0 Å². The summed E-state index contributed by atoms with van der Waals surface area (Å²) in [5.74, 6) is -1.24. The van der Waals surface area contributed by atoms with Crippen LogP contribution in [0.15, 0.2) is 51.8 Å². The van der Waals surface area contributed by atoms with Crippen LogP contribution in [0.3, 0.4) is 0 Å². The zero-order valence-corrected chi connectivity index (χ0v) is 17.1. The van der Waals surface area contributed by atoms with Crippen molar-refractivity contribution >= 4 is 37.5 Å². The summed E-state index contributed by atoms with van der Waals surface area (Å²) in [4.78, 5) is 14.5. The first-order chi connectivity index (χ1) is 12.8. The molecule has 0 saturated carbocycles. The molecule has 0 aliphatic carbocycles. The van der Waals surface area contributed by atoms with Crippen LogP contribution in [0.25, 0.3) is 0 Å². The number of piperazine rings is 1. The van der Waals surface area contributed by atoms with Gasteiger partial charge in [-0.15, -0.1) is 0 Å². The fourth-order valence-corrected chi connectivity index (χ4v) is 4.54. The van der Waals surface area contributed by atoms with Crippen molar-refractivity contribution < 1.29 is 17.6 Å². The monoisotopic (exact) mass is 455 g/mol. The minimum atomic E-state index is -3.57. The van der Waals surface area contributed by atoms with E-state index in [4.69, 9.17) is 0 Å². The third kappa shape index (κ3) is 4.55. The molecule has 0 spiro atoms. The van der Waals surface area contributed by atoms with E-state index in [0.29, 0.717) is 36.3 Å². The Kier molecular flexibility index (Phi) is 5.95. The third-order valence-corrected chi connectivity index (χ3v) is 6.79. The standard InChI is InChI=1S/C18H19BrFN3O3S/c1-22-8-10-23(11-9-22)27(25,26)15-5-3-14(4-6-15)21-18(24)16-12-13(19)2-7-17(16)20/h2-7,12H,8-11H2,1H3,(H,21,24). The van der Waals surface area contributed by atoms with Crippen LogP contribution in [0.2, 0.25) is 0 Å². The number of carbonyl (C=O) groups excluding carboxylic acids is 1. The number of nitrogens with zero attached hydrogens (tertiary/aromatic N) is 2. The van der Waals surface area contributed by atoms with Crippen LogP contribution in [0.1, 0.15) is 10.4 Å². The summed E-state index contributed by atoms with van der Waals surface area (Å²) in [5, 5.41) is 2.58. The third-order valence-electron chi connectivity index (χ3n) is 4.39. The number of carbonyl (C=O) groups is 1. The molecule has 0 atom stereocenters. The molecule has 1 amide bonds. The van der Waals surface area contributed by atoms with Crippen LogP contribution >= 0.6 is 15.9 Å². The normalized spacial score (nSPS) is 16.3. The quantitative estimate of drug-likeness (QED) is 0.769. The van der Waals surface area contributed by atoms with Crippen molar-refractivity contribution in [3.63, 3.8) is 0 Å². The summed E-state index contributed by atoms with van der Waals surface area (Å²) in [6, 6.07) is 9.97. The van der Waals surface area contributed by atoms with Gasteiger partial charge in [-0.3, -0.25) is 4.79 Å². The van der Waals surface area contributed by atoms with Crippen LogP contribution in [0, 0.1) is 5.82 Å². The second-order valence-corrected chi connectivity index (χ2v) is 9.16. The van der Waals surface area contributed by atoms with Gasteiger partial charge in [0.05, 0.1) is 10.5 Å². The van der Waals surface area contributed by atoms with Gasteiger partial charge < -0.3 is 10.2 Å². The number of hydrogen-bond acceptors (Lipinski definition) is 4. The summed E-state index contributed by atoms with van der Waals surface area (Å²) in [6.07, 6.45) is 0. The molecular weight excluding hydrogens is 437 g/mol. The van der Waals surface area contributed by atoms with Gasteiger partial charge in [-0.2, -0.15) is 4.31 Å². The number of halogens is 2. The largest absolute Gasteiger partial charge is 0.322 e. The molecule has 1 saturated heterocycles. The number of anilines is 1. The van der Waals surface area contributed by atoms with Crippen LogP contribution < -0.4 is 5.32 Å². The highest BCUT2D eigenvalue weighted by atomic mass is 79.9. The van der Waals surface area contributed by atoms with E-state index in [1.54, 1.807) is 0 Å². The molecule has 27 heavy (non-hydrogen) atoms. The number of hydrogen-bond donors (Lipinski definition) is 1. The Bertz CT molecular complexity index is 943. The summed E-state index contributed by atoms with van der Waals surface area (Å²) in [6.45, 7) is 2.26. The molecule has 2 aromatic carbocycles. The maximum Gasteiger partial charge on any atom is 0.258 e. The molecular formula is C18H19BrFN3O3S. The number of benzene rings is 2. The Morgan fingerprint density at radius 3 is 2.33 bits per heavy atom. The lowest BCUT2D eigenvalue weighted by molar-refractivity contribution is 0.102. The molecule has 9 heteroatoms. The summed E-state index contributed by atoms with van der Waals surface area (Å²) < 4.78 is 41.2. The van der Waals surface area contributed by atoms with Gasteiger partial charge in [0.25, 0.3) is 5.91 Å². The first-order valence-corrected chi connectivity index (χ1v) is 10.6. The van der Waals surface area contributed by atoms with Crippen molar-refractivity contribution in [2.45, 2.75) is 4.90 Å². The Hall–Kier alpha value is -1.81. The molecule has 144 valence electrons. The Labute approximate surface area is 166 Å². The van der Waals surface area contributed by atoms with E-state index in [1.165, 1.54) is 46.8 Å².